The van der Waals surface area contributed by atoms with Crippen molar-refractivity contribution in [3.63, 3.8) is 0 Å². The monoisotopic (exact) mass is 363 g/mol. The molecule has 1 aliphatic heterocycles. The zero-order valence-corrected chi connectivity index (χ0v) is 13.9. The molecule has 10 heteroatoms. The highest BCUT2D eigenvalue weighted by molar-refractivity contribution is 5.82. The van der Waals surface area contributed by atoms with E-state index in [0.717, 1.165) is 29.9 Å². The molecule has 138 valence electrons. The molecule has 10 nitrogen and oxygen atoms in total. The number of carbonyl (C=O) groups excluding carboxylic acids is 2. The highest BCUT2D eigenvalue weighted by Gasteiger charge is 2.20. The van der Waals surface area contributed by atoms with Crippen LogP contribution < -0.4 is 5.76 Å². The van der Waals surface area contributed by atoms with Crippen LogP contribution in [0.5, 0.6) is 0 Å². The van der Waals surface area contributed by atoms with Crippen LogP contribution in [0.25, 0.3) is 11.1 Å². The Labute approximate surface area is 147 Å². The van der Waals surface area contributed by atoms with E-state index >= 15 is 0 Å². The number of nitrogens with zero attached hydrogens (tertiary/aromatic N) is 3. The summed E-state index contributed by atoms with van der Waals surface area (Å²) in [5.74, 6) is -1.86. The molecule has 0 atom stereocenters. The van der Waals surface area contributed by atoms with Gasteiger partial charge in [0.1, 0.15) is 6.54 Å². The summed E-state index contributed by atoms with van der Waals surface area (Å²) >= 11 is 0. The zero-order chi connectivity index (χ0) is 18.7. The van der Waals surface area contributed by atoms with E-state index in [1.165, 1.54) is 12.1 Å². The van der Waals surface area contributed by atoms with E-state index in [2.05, 4.69) is 0 Å². The number of carbonyl (C=O) groups is 2. The lowest BCUT2D eigenvalue weighted by Crippen LogP contribution is -2.38. The summed E-state index contributed by atoms with van der Waals surface area (Å²) in [5.41, 5.74) is 0.00871. The molecule has 0 saturated carbocycles. The van der Waals surface area contributed by atoms with Gasteiger partial charge in [0, 0.05) is 19.2 Å². The van der Waals surface area contributed by atoms with Crippen molar-refractivity contribution in [2.45, 2.75) is 25.8 Å². The van der Waals surface area contributed by atoms with Gasteiger partial charge in [0.15, 0.2) is 12.2 Å². The van der Waals surface area contributed by atoms with Crippen molar-refractivity contribution in [3.8, 4) is 0 Å². The summed E-state index contributed by atoms with van der Waals surface area (Å²) in [4.78, 5) is 47.6. The highest BCUT2D eigenvalue weighted by Crippen LogP contribution is 2.20. The van der Waals surface area contributed by atoms with Crippen LogP contribution in [0.2, 0.25) is 0 Å². The molecule has 1 aromatic heterocycles. The number of nitro groups is 1. The average Bonchev–Trinajstić information content (AvgIpc) is 2.95. The first kappa shape index (κ1) is 17.6. The van der Waals surface area contributed by atoms with Crippen molar-refractivity contribution >= 4 is 28.7 Å². The normalized spacial score (nSPS) is 14.4. The molecule has 1 saturated heterocycles. The van der Waals surface area contributed by atoms with Crippen LogP contribution >= 0.6 is 0 Å². The predicted octanol–water partition coefficient (Wildman–Crippen LogP) is 1.06. The molecular formula is C16H17N3O7. The molecular weight excluding hydrogens is 346 g/mol. The van der Waals surface area contributed by atoms with Crippen molar-refractivity contribution in [1.82, 2.24) is 9.47 Å². The van der Waals surface area contributed by atoms with Crippen molar-refractivity contribution in [3.05, 3.63) is 38.9 Å². The summed E-state index contributed by atoms with van der Waals surface area (Å²) in [6.07, 6.45) is 2.95. The molecule has 0 spiro atoms. The number of fused-ring (bicyclic) bond motifs is 1. The van der Waals surface area contributed by atoms with Crippen molar-refractivity contribution < 1.29 is 23.7 Å². The van der Waals surface area contributed by atoms with Crippen LogP contribution in [-0.4, -0.2) is 46.0 Å². The Bertz CT molecular complexity index is 908. The number of oxazole rings is 1. The molecule has 1 amide bonds. The number of non-ortho nitro benzene ring substituents is 1. The fourth-order valence-corrected chi connectivity index (χ4v) is 2.87. The lowest BCUT2D eigenvalue weighted by molar-refractivity contribution is -0.384. The molecule has 0 bridgehead atoms. The van der Waals surface area contributed by atoms with Gasteiger partial charge >= 0.3 is 11.7 Å². The molecule has 0 unspecified atom stereocenters. The second-order valence-corrected chi connectivity index (χ2v) is 5.97. The Balaban J connectivity index is 1.65. The van der Waals surface area contributed by atoms with Crippen LogP contribution in [0.4, 0.5) is 5.69 Å². The second-order valence-electron chi connectivity index (χ2n) is 5.97. The molecule has 3 rings (SSSR count). The maximum Gasteiger partial charge on any atom is 0.420 e. The van der Waals surface area contributed by atoms with Gasteiger partial charge < -0.3 is 14.1 Å². The van der Waals surface area contributed by atoms with Crippen molar-refractivity contribution in [1.29, 1.82) is 0 Å². The number of benzene rings is 1. The standard InChI is InChI=1S/C16H17N3O7/c20-14(17-6-2-1-3-7-17)10-25-15(21)9-18-12-5-4-11(19(23)24)8-13(12)26-16(18)22/h4-5,8H,1-3,6-7,9-10H2. The number of likely N-dealkylation sites (tertiary alicyclic amines) is 1. The third kappa shape index (κ3) is 3.73. The Hall–Kier alpha value is -3.17. The average molecular weight is 363 g/mol. The number of nitro benzene ring substituents is 1. The van der Waals surface area contributed by atoms with Gasteiger partial charge in [0.25, 0.3) is 11.6 Å². The summed E-state index contributed by atoms with van der Waals surface area (Å²) < 4.78 is 10.9. The van der Waals surface area contributed by atoms with Crippen molar-refractivity contribution in [2.75, 3.05) is 19.7 Å². The van der Waals surface area contributed by atoms with Gasteiger partial charge in [-0.05, 0) is 25.3 Å². The predicted molar refractivity (Wildman–Crippen MR) is 88.5 cm³/mol. The Morgan fingerprint density at radius 1 is 1.23 bits per heavy atom. The molecule has 1 aromatic carbocycles. The van der Waals surface area contributed by atoms with Gasteiger partial charge in [-0.1, -0.05) is 0 Å². The topological polar surface area (TPSA) is 125 Å². The minimum Gasteiger partial charge on any atom is -0.454 e. The van der Waals surface area contributed by atoms with E-state index in [9.17, 15) is 24.5 Å². The Morgan fingerprint density at radius 3 is 2.65 bits per heavy atom. The largest absolute Gasteiger partial charge is 0.454 e. The van der Waals surface area contributed by atoms with E-state index in [1.807, 2.05) is 0 Å². The Morgan fingerprint density at radius 2 is 1.96 bits per heavy atom. The van der Waals surface area contributed by atoms with Crippen LogP contribution in [0.3, 0.4) is 0 Å². The first-order valence-corrected chi connectivity index (χ1v) is 8.17. The smallest absolute Gasteiger partial charge is 0.420 e. The summed E-state index contributed by atoms with van der Waals surface area (Å²) in [7, 11) is 0. The van der Waals surface area contributed by atoms with Crippen LogP contribution in [0.15, 0.2) is 27.4 Å². The van der Waals surface area contributed by atoms with Crippen molar-refractivity contribution in [2.24, 2.45) is 0 Å². The first-order chi connectivity index (χ1) is 12.5. The summed E-state index contributed by atoms with van der Waals surface area (Å²) in [6, 6.07) is 3.64. The molecule has 26 heavy (non-hydrogen) atoms. The minimum atomic E-state index is -0.834. The van der Waals surface area contributed by atoms with Crippen LogP contribution in [0.1, 0.15) is 19.3 Å². The minimum absolute atomic E-state index is 0.00129. The number of hydrogen-bond donors (Lipinski definition) is 0. The number of rotatable bonds is 5. The molecule has 0 radical (unpaired) electrons. The number of aromatic nitrogens is 1. The van der Waals surface area contributed by atoms with E-state index in [0.29, 0.717) is 13.1 Å². The number of piperidine rings is 1. The van der Waals surface area contributed by atoms with E-state index in [-0.39, 0.29) is 29.3 Å². The zero-order valence-electron chi connectivity index (χ0n) is 13.9. The number of esters is 1. The van der Waals surface area contributed by atoms with Crippen LogP contribution in [-0.2, 0) is 20.9 Å². The number of amides is 1. The summed E-state index contributed by atoms with van der Waals surface area (Å²) in [6.45, 7) is 0.480. The molecule has 2 heterocycles. The fourth-order valence-electron chi connectivity index (χ4n) is 2.87. The van der Waals surface area contributed by atoms with Gasteiger partial charge in [-0.3, -0.25) is 24.3 Å². The molecule has 0 aliphatic carbocycles. The maximum atomic E-state index is 12.0. The summed E-state index contributed by atoms with van der Waals surface area (Å²) in [5, 5.41) is 10.8. The Kier molecular flexibility index (Phi) is 5.01. The molecule has 0 N–H and O–H groups in total. The number of hydrogen-bond acceptors (Lipinski definition) is 7. The lowest BCUT2D eigenvalue weighted by Gasteiger charge is -2.26. The van der Waals surface area contributed by atoms with Gasteiger partial charge in [-0.15, -0.1) is 0 Å². The van der Waals surface area contributed by atoms with E-state index < -0.39 is 23.2 Å². The second kappa shape index (κ2) is 7.38. The lowest BCUT2D eigenvalue weighted by atomic mass is 10.1. The highest BCUT2D eigenvalue weighted by atomic mass is 16.6. The van der Waals surface area contributed by atoms with Gasteiger partial charge in [0.2, 0.25) is 0 Å². The van der Waals surface area contributed by atoms with Gasteiger partial charge in [-0.2, -0.15) is 0 Å². The third-order valence-electron chi connectivity index (χ3n) is 4.22. The van der Waals surface area contributed by atoms with Gasteiger partial charge in [0.05, 0.1) is 16.5 Å². The maximum absolute atomic E-state index is 12.0. The van der Waals surface area contributed by atoms with E-state index in [1.54, 1.807) is 4.90 Å². The van der Waals surface area contributed by atoms with Gasteiger partial charge in [-0.25, -0.2) is 4.79 Å². The van der Waals surface area contributed by atoms with E-state index in [4.69, 9.17) is 9.15 Å². The van der Waals surface area contributed by atoms with Crippen LogP contribution in [0, 0.1) is 10.1 Å². The SMILES string of the molecule is O=C(Cn1c(=O)oc2cc([N+](=O)[O-])ccc21)OCC(=O)N1CCCCC1. The third-order valence-corrected chi connectivity index (χ3v) is 4.22. The fraction of sp³-hybridized carbons (Fsp3) is 0.438. The quantitative estimate of drug-likeness (QED) is 0.442. The first-order valence-electron chi connectivity index (χ1n) is 8.17. The molecule has 1 fully saturated rings. The molecule has 2 aromatic rings. The number of ether oxygens (including phenoxy) is 1. The molecule has 1 aliphatic rings.